The third kappa shape index (κ3) is 4.69. The fourth-order valence-electron chi connectivity index (χ4n) is 2.44. The average molecular weight is 329 g/mol. The lowest BCUT2D eigenvalue weighted by molar-refractivity contribution is -0.138. The summed E-state index contributed by atoms with van der Waals surface area (Å²) in [6.45, 7) is 1.10. The second kappa shape index (κ2) is 7.58. The van der Waals surface area contributed by atoms with Crippen molar-refractivity contribution in [3.63, 3.8) is 0 Å². The number of rotatable bonds is 5. The van der Waals surface area contributed by atoms with E-state index < -0.39 is 17.6 Å². The number of piperidine rings is 1. The molecule has 1 aromatic carbocycles. The normalized spacial score (nSPS) is 15.8. The van der Waals surface area contributed by atoms with Gasteiger partial charge in [0.15, 0.2) is 11.6 Å². The maximum absolute atomic E-state index is 13.1. The summed E-state index contributed by atoms with van der Waals surface area (Å²) >= 11 is 1.16. The van der Waals surface area contributed by atoms with Gasteiger partial charge in [-0.1, -0.05) is 0 Å². The van der Waals surface area contributed by atoms with Crippen molar-refractivity contribution in [2.24, 2.45) is 5.92 Å². The minimum Gasteiger partial charge on any atom is -0.481 e. The fraction of sp³-hybridized carbons (Fsp3) is 0.467. The van der Waals surface area contributed by atoms with Gasteiger partial charge in [-0.25, -0.2) is 8.78 Å². The fourth-order valence-corrected chi connectivity index (χ4v) is 3.26. The van der Waals surface area contributed by atoms with E-state index in [1.807, 2.05) is 0 Å². The first-order valence-corrected chi connectivity index (χ1v) is 8.01. The SMILES string of the molecule is O=C(O)CC1CCN(C(=O)CSc2ccc(F)c(F)c2)CC1. The van der Waals surface area contributed by atoms with Crippen LogP contribution < -0.4 is 0 Å². The molecule has 7 heteroatoms. The number of benzene rings is 1. The number of halogens is 2. The standard InChI is InChI=1S/C15H17F2NO3S/c16-12-2-1-11(8-13(12)17)22-9-14(19)18-5-3-10(4-6-18)7-15(20)21/h1-2,8,10H,3-7,9H2,(H,20,21). The first kappa shape index (κ1) is 16.7. The predicted molar refractivity (Wildman–Crippen MR) is 78.6 cm³/mol. The summed E-state index contributed by atoms with van der Waals surface area (Å²) in [6, 6.07) is 3.56. The van der Waals surface area contributed by atoms with Gasteiger partial charge in [-0.2, -0.15) is 0 Å². The lowest BCUT2D eigenvalue weighted by Gasteiger charge is -2.31. The maximum Gasteiger partial charge on any atom is 0.303 e. The Kier molecular flexibility index (Phi) is 5.76. The Balaban J connectivity index is 1.78. The van der Waals surface area contributed by atoms with E-state index in [0.29, 0.717) is 30.8 Å². The summed E-state index contributed by atoms with van der Waals surface area (Å²) in [5, 5.41) is 8.75. The molecule has 0 bridgehead atoms. The molecule has 120 valence electrons. The van der Waals surface area contributed by atoms with Crippen LogP contribution in [-0.4, -0.2) is 40.7 Å². The summed E-state index contributed by atoms with van der Waals surface area (Å²) in [5.74, 6) is -2.42. The molecule has 0 atom stereocenters. The number of carbonyl (C=O) groups is 2. The van der Waals surface area contributed by atoms with E-state index in [4.69, 9.17) is 5.11 Å². The molecule has 0 spiro atoms. The largest absolute Gasteiger partial charge is 0.481 e. The van der Waals surface area contributed by atoms with Gasteiger partial charge in [-0.15, -0.1) is 11.8 Å². The quantitative estimate of drug-likeness (QED) is 0.844. The topological polar surface area (TPSA) is 57.6 Å². The highest BCUT2D eigenvalue weighted by Gasteiger charge is 2.24. The van der Waals surface area contributed by atoms with Crippen LogP contribution in [0.2, 0.25) is 0 Å². The lowest BCUT2D eigenvalue weighted by Crippen LogP contribution is -2.39. The molecule has 1 amide bonds. The Morgan fingerprint density at radius 2 is 1.91 bits per heavy atom. The van der Waals surface area contributed by atoms with E-state index in [1.54, 1.807) is 4.90 Å². The molecule has 1 N–H and O–H groups in total. The van der Waals surface area contributed by atoms with Crippen molar-refractivity contribution < 1.29 is 23.5 Å². The zero-order chi connectivity index (χ0) is 16.1. The summed E-state index contributed by atoms with van der Waals surface area (Å²) < 4.78 is 25.9. The van der Waals surface area contributed by atoms with Crippen LogP contribution in [0.5, 0.6) is 0 Å². The number of hydrogen-bond acceptors (Lipinski definition) is 3. The van der Waals surface area contributed by atoms with E-state index in [1.165, 1.54) is 6.07 Å². The Bertz CT molecular complexity index is 560. The number of carboxylic acid groups (broad SMARTS) is 1. The molecule has 4 nitrogen and oxygen atoms in total. The van der Waals surface area contributed by atoms with Crippen molar-refractivity contribution in [2.75, 3.05) is 18.8 Å². The molecule has 0 saturated carbocycles. The molecular formula is C15H17F2NO3S. The van der Waals surface area contributed by atoms with E-state index in [9.17, 15) is 18.4 Å². The second-order valence-electron chi connectivity index (χ2n) is 5.29. The van der Waals surface area contributed by atoms with Gasteiger partial charge in [-0.05, 0) is 37.0 Å². The highest BCUT2D eigenvalue weighted by molar-refractivity contribution is 8.00. The van der Waals surface area contributed by atoms with Crippen LogP contribution in [0.15, 0.2) is 23.1 Å². The molecule has 0 aromatic heterocycles. The molecule has 1 fully saturated rings. The highest BCUT2D eigenvalue weighted by atomic mass is 32.2. The van der Waals surface area contributed by atoms with Gasteiger partial charge in [0.2, 0.25) is 5.91 Å². The van der Waals surface area contributed by atoms with Crippen LogP contribution in [0, 0.1) is 17.6 Å². The predicted octanol–water partition coefficient (Wildman–Crippen LogP) is 2.77. The molecule has 1 aliphatic heterocycles. The molecule has 1 aromatic rings. The van der Waals surface area contributed by atoms with E-state index in [-0.39, 0.29) is 24.0 Å². The van der Waals surface area contributed by atoms with Crippen molar-refractivity contribution in [1.29, 1.82) is 0 Å². The van der Waals surface area contributed by atoms with Crippen LogP contribution in [0.1, 0.15) is 19.3 Å². The van der Waals surface area contributed by atoms with Crippen molar-refractivity contribution in [3.8, 4) is 0 Å². The molecule has 0 unspecified atom stereocenters. The van der Waals surface area contributed by atoms with Crippen LogP contribution >= 0.6 is 11.8 Å². The van der Waals surface area contributed by atoms with Gasteiger partial charge in [0.25, 0.3) is 0 Å². The number of thioether (sulfide) groups is 1. The van der Waals surface area contributed by atoms with Crippen molar-refractivity contribution in [3.05, 3.63) is 29.8 Å². The van der Waals surface area contributed by atoms with E-state index in [2.05, 4.69) is 0 Å². The van der Waals surface area contributed by atoms with Gasteiger partial charge >= 0.3 is 5.97 Å². The lowest BCUT2D eigenvalue weighted by atomic mass is 9.94. The number of hydrogen-bond donors (Lipinski definition) is 1. The molecular weight excluding hydrogens is 312 g/mol. The smallest absolute Gasteiger partial charge is 0.303 e. The molecule has 2 rings (SSSR count). The van der Waals surface area contributed by atoms with Crippen molar-refractivity contribution in [2.45, 2.75) is 24.2 Å². The van der Waals surface area contributed by atoms with Crippen molar-refractivity contribution >= 4 is 23.6 Å². The van der Waals surface area contributed by atoms with Gasteiger partial charge in [0.05, 0.1) is 5.75 Å². The average Bonchev–Trinajstić information content (AvgIpc) is 2.48. The third-order valence-electron chi connectivity index (χ3n) is 3.68. The number of amides is 1. The van der Waals surface area contributed by atoms with E-state index in [0.717, 1.165) is 23.9 Å². The molecule has 0 radical (unpaired) electrons. The zero-order valence-electron chi connectivity index (χ0n) is 11.9. The van der Waals surface area contributed by atoms with Crippen LogP contribution in [0.4, 0.5) is 8.78 Å². The Morgan fingerprint density at radius 3 is 2.50 bits per heavy atom. The maximum atomic E-state index is 13.1. The summed E-state index contributed by atoms with van der Waals surface area (Å²) in [5.41, 5.74) is 0. The Morgan fingerprint density at radius 1 is 1.23 bits per heavy atom. The summed E-state index contributed by atoms with van der Waals surface area (Å²) in [6.07, 6.45) is 1.52. The Labute approximate surface area is 131 Å². The summed E-state index contributed by atoms with van der Waals surface area (Å²) in [7, 11) is 0. The molecule has 1 saturated heterocycles. The minimum atomic E-state index is -0.924. The number of aliphatic carboxylic acids is 1. The molecule has 1 aliphatic rings. The van der Waals surface area contributed by atoms with Crippen molar-refractivity contribution in [1.82, 2.24) is 4.90 Å². The molecule has 22 heavy (non-hydrogen) atoms. The van der Waals surface area contributed by atoms with Gasteiger partial charge in [0, 0.05) is 24.4 Å². The Hall–Kier alpha value is -1.63. The molecule has 1 heterocycles. The summed E-state index contributed by atoms with van der Waals surface area (Å²) in [4.78, 5) is 24.9. The van der Waals surface area contributed by atoms with E-state index >= 15 is 0 Å². The first-order valence-electron chi connectivity index (χ1n) is 7.03. The van der Waals surface area contributed by atoms with Gasteiger partial charge < -0.3 is 10.0 Å². The van der Waals surface area contributed by atoms with Gasteiger partial charge in [-0.3, -0.25) is 9.59 Å². The number of likely N-dealkylation sites (tertiary alicyclic amines) is 1. The highest BCUT2D eigenvalue weighted by Crippen LogP contribution is 2.24. The zero-order valence-corrected chi connectivity index (χ0v) is 12.7. The second-order valence-corrected chi connectivity index (χ2v) is 6.34. The number of nitrogens with zero attached hydrogens (tertiary/aromatic N) is 1. The van der Waals surface area contributed by atoms with Crippen LogP contribution in [0.3, 0.4) is 0 Å². The molecule has 0 aliphatic carbocycles. The monoisotopic (exact) mass is 329 g/mol. The number of carbonyl (C=O) groups excluding carboxylic acids is 1. The number of carboxylic acids is 1. The van der Waals surface area contributed by atoms with Crippen LogP contribution in [-0.2, 0) is 9.59 Å². The first-order chi connectivity index (χ1) is 10.5. The van der Waals surface area contributed by atoms with Crippen LogP contribution in [0.25, 0.3) is 0 Å². The van der Waals surface area contributed by atoms with Gasteiger partial charge in [0.1, 0.15) is 0 Å². The third-order valence-corrected chi connectivity index (χ3v) is 4.66. The minimum absolute atomic E-state index is 0.0662.